The molecule has 0 aliphatic carbocycles. The lowest BCUT2D eigenvalue weighted by Crippen LogP contribution is -2.67. The molecule has 4 rings (SSSR count). The Morgan fingerprint density at radius 1 is 1.10 bits per heavy atom. The van der Waals surface area contributed by atoms with E-state index in [1.54, 1.807) is 18.2 Å². The molecule has 0 unspecified atom stereocenters. The molecule has 0 bridgehead atoms. The summed E-state index contributed by atoms with van der Waals surface area (Å²) in [6.45, 7) is 4.51. The van der Waals surface area contributed by atoms with Crippen molar-refractivity contribution in [3.8, 4) is 11.8 Å². The van der Waals surface area contributed by atoms with Crippen LogP contribution >= 0.6 is 0 Å². The minimum atomic E-state index is -0.317. The van der Waals surface area contributed by atoms with Gasteiger partial charge in [0.15, 0.2) is 0 Å². The molecule has 31 heavy (non-hydrogen) atoms. The number of carbonyl (C=O) groups is 1. The van der Waals surface area contributed by atoms with Crippen LogP contribution in [0.3, 0.4) is 0 Å². The van der Waals surface area contributed by atoms with Crippen LogP contribution in [0.15, 0.2) is 48.5 Å². The summed E-state index contributed by atoms with van der Waals surface area (Å²) in [6, 6.07) is 14.8. The second-order valence-electron chi connectivity index (χ2n) is 8.33. The molecule has 162 valence electrons. The van der Waals surface area contributed by atoms with Gasteiger partial charge < -0.3 is 10.0 Å². The summed E-state index contributed by atoms with van der Waals surface area (Å²) in [5.74, 6) is 5.99. The third-order valence-electron chi connectivity index (χ3n) is 6.54. The zero-order valence-electron chi connectivity index (χ0n) is 17.9. The van der Waals surface area contributed by atoms with Gasteiger partial charge in [-0.1, -0.05) is 43.0 Å². The van der Waals surface area contributed by atoms with Crippen LogP contribution in [0.1, 0.15) is 48.8 Å². The average Bonchev–Trinajstić information content (AvgIpc) is 2.78. The van der Waals surface area contributed by atoms with E-state index >= 15 is 0 Å². The molecule has 5 heteroatoms. The molecular formula is C26H29FN2O2. The van der Waals surface area contributed by atoms with Gasteiger partial charge in [-0.05, 0) is 49.2 Å². The lowest BCUT2D eigenvalue weighted by atomic mass is 9.74. The van der Waals surface area contributed by atoms with Crippen LogP contribution in [0, 0.1) is 17.7 Å². The van der Waals surface area contributed by atoms with Crippen molar-refractivity contribution in [2.45, 2.75) is 44.2 Å². The maximum Gasteiger partial charge on any atom is 0.222 e. The molecule has 1 N–H and O–H groups in total. The zero-order valence-corrected chi connectivity index (χ0v) is 17.9. The Labute approximate surface area is 183 Å². The first-order chi connectivity index (χ1) is 15.1. The summed E-state index contributed by atoms with van der Waals surface area (Å²) >= 11 is 0. The van der Waals surface area contributed by atoms with Crippen LogP contribution < -0.4 is 0 Å². The van der Waals surface area contributed by atoms with E-state index in [0.29, 0.717) is 18.5 Å². The Hall–Kier alpha value is -2.68. The van der Waals surface area contributed by atoms with Gasteiger partial charge >= 0.3 is 0 Å². The van der Waals surface area contributed by atoms with Crippen molar-refractivity contribution in [1.82, 2.24) is 9.80 Å². The van der Waals surface area contributed by atoms with Gasteiger partial charge in [-0.15, -0.1) is 0 Å². The Morgan fingerprint density at radius 2 is 1.84 bits per heavy atom. The number of hydrogen-bond acceptors (Lipinski definition) is 3. The Kier molecular flexibility index (Phi) is 6.70. The van der Waals surface area contributed by atoms with Crippen molar-refractivity contribution in [3.63, 3.8) is 0 Å². The molecule has 1 amide bonds. The molecular weight excluding hydrogens is 391 g/mol. The average molecular weight is 421 g/mol. The third-order valence-corrected chi connectivity index (χ3v) is 6.54. The molecule has 0 radical (unpaired) electrons. The van der Waals surface area contributed by atoms with E-state index in [0.717, 1.165) is 37.1 Å². The molecule has 2 saturated heterocycles. The predicted molar refractivity (Wildman–Crippen MR) is 119 cm³/mol. The SMILES string of the molecule is CCC(=O)N1CCCCN2[C@@H](CO)[C@@H](c3ccc(C#Cc4ccccc4F)cc3)[C@@H]2C1. The second kappa shape index (κ2) is 9.64. The molecule has 0 saturated carbocycles. The number of carbonyl (C=O) groups excluding carboxylic acids is 1. The van der Waals surface area contributed by atoms with Gasteiger partial charge in [-0.2, -0.15) is 0 Å². The molecule has 0 spiro atoms. The molecule has 2 aliphatic heterocycles. The standard InChI is InChI=1S/C26H29FN2O2/c1-2-25(31)28-15-5-6-16-29-23(17-28)26(24(29)18-30)21-13-10-19(11-14-21)9-12-20-7-3-4-8-22(20)27/h3-4,7-8,10-11,13-14,23-24,26,30H,2,5-6,15-18H2,1H3/t23-,24-,26-/m0/s1. The smallest absolute Gasteiger partial charge is 0.222 e. The first kappa shape index (κ1) is 21.5. The van der Waals surface area contributed by atoms with Crippen molar-refractivity contribution in [3.05, 3.63) is 71.0 Å². The van der Waals surface area contributed by atoms with Crippen LogP contribution in [0.5, 0.6) is 0 Å². The lowest BCUT2D eigenvalue weighted by molar-refractivity contribution is -0.136. The minimum absolute atomic E-state index is 0.0806. The van der Waals surface area contributed by atoms with Gasteiger partial charge in [0.25, 0.3) is 0 Å². The fraction of sp³-hybridized carbons (Fsp3) is 0.423. The first-order valence-electron chi connectivity index (χ1n) is 11.1. The number of halogens is 1. The van der Waals surface area contributed by atoms with Crippen molar-refractivity contribution in [1.29, 1.82) is 0 Å². The summed E-state index contributed by atoms with van der Waals surface area (Å²) in [5, 5.41) is 10.1. The molecule has 2 fully saturated rings. The number of benzene rings is 2. The topological polar surface area (TPSA) is 43.8 Å². The van der Waals surface area contributed by atoms with Crippen LogP contribution in [-0.2, 0) is 4.79 Å². The molecule has 0 aromatic heterocycles. The fourth-order valence-corrected chi connectivity index (χ4v) is 4.88. The zero-order chi connectivity index (χ0) is 21.8. The highest BCUT2D eigenvalue weighted by molar-refractivity contribution is 5.75. The summed E-state index contributed by atoms with van der Waals surface area (Å²) < 4.78 is 13.8. The van der Waals surface area contributed by atoms with Gasteiger partial charge in [-0.3, -0.25) is 9.69 Å². The maximum atomic E-state index is 13.8. The van der Waals surface area contributed by atoms with Crippen molar-refractivity contribution in [2.24, 2.45) is 0 Å². The second-order valence-corrected chi connectivity index (χ2v) is 8.33. The molecule has 2 aromatic carbocycles. The molecule has 3 atom stereocenters. The summed E-state index contributed by atoms with van der Waals surface area (Å²) in [7, 11) is 0. The highest BCUT2D eigenvalue weighted by Gasteiger charge is 2.49. The van der Waals surface area contributed by atoms with Crippen LogP contribution in [-0.4, -0.2) is 59.1 Å². The summed E-state index contributed by atoms with van der Waals surface area (Å²) in [6.07, 6.45) is 2.57. The number of amides is 1. The van der Waals surface area contributed by atoms with Crippen LogP contribution in [0.2, 0.25) is 0 Å². The van der Waals surface area contributed by atoms with Crippen LogP contribution in [0.25, 0.3) is 0 Å². The monoisotopic (exact) mass is 420 g/mol. The van der Waals surface area contributed by atoms with Gasteiger partial charge in [0.05, 0.1) is 12.2 Å². The van der Waals surface area contributed by atoms with Crippen LogP contribution in [0.4, 0.5) is 4.39 Å². The van der Waals surface area contributed by atoms with E-state index in [2.05, 4.69) is 28.9 Å². The molecule has 2 aliphatic rings. The fourth-order valence-electron chi connectivity index (χ4n) is 4.88. The number of aliphatic hydroxyl groups excluding tert-OH is 1. The number of fused-ring (bicyclic) bond motifs is 1. The summed E-state index contributed by atoms with van der Waals surface area (Å²) in [5.41, 5.74) is 2.36. The van der Waals surface area contributed by atoms with E-state index in [4.69, 9.17) is 0 Å². The van der Waals surface area contributed by atoms with E-state index in [1.165, 1.54) is 6.07 Å². The molecule has 2 aromatic rings. The Morgan fingerprint density at radius 3 is 2.55 bits per heavy atom. The van der Waals surface area contributed by atoms with E-state index in [1.807, 2.05) is 24.0 Å². The third kappa shape index (κ3) is 4.51. The molecule has 2 heterocycles. The highest BCUT2D eigenvalue weighted by atomic mass is 19.1. The predicted octanol–water partition coefficient (Wildman–Crippen LogP) is 3.39. The largest absolute Gasteiger partial charge is 0.395 e. The number of hydrogen-bond donors (Lipinski definition) is 1. The van der Waals surface area contributed by atoms with E-state index < -0.39 is 0 Å². The Bertz CT molecular complexity index is 979. The van der Waals surface area contributed by atoms with Gasteiger partial charge in [0.1, 0.15) is 5.82 Å². The number of rotatable bonds is 3. The van der Waals surface area contributed by atoms with Crippen molar-refractivity contribution >= 4 is 5.91 Å². The minimum Gasteiger partial charge on any atom is -0.395 e. The van der Waals surface area contributed by atoms with Crippen molar-refractivity contribution < 1.29 is 14.3 Å². The lowest BCUT2D eigenvalue weighted by Gasteiger charge is -2.57. The van der Waals surface area contributed by atoms with Gasteiger partial charge in [0, 0.05) is 43.1 Å². The highest BCUT2D eigenvalue weighted by Crippen LogP contribution is 2.42. The van der Waals surface area contributed by atoms with Gasteiger partial charge in [0.2, 0.25) is 5.91 Å². The first-order valence-corrected chi connectivity index (χ1v) is 11.1. The normalized spacial score (nSPS) is 23.6. The Balaban J connectivity index is 1.53. The number of nitrogens with zero attached hydrogens (tertiary/aromatic N) is 2. The van der Waals surface area contributed by atoms with E-state index in [-0.39, 0.29) is 36.3 Å². The summed E-state index contributed by atoms with van der Waals surface area (Å²) in [4.78, 5) is 16.7. The van der Waals surface area contributed by atoms with Gasteiger partial charge in [-0.25, -0.2) is 4.39 Å². The number of aliphatic hydroxyl groups is 1. The van der Waals surface area contributed by atoms with E-state index in [9.17, 15) is 14.3 Å². The quantitative estimate of drug-likeness (QED) is 0.775. The molecule has 4 nitrogen and oxygen atoms in total. The van der Waals surface area contributed by atoms with Crippen molar-refractivity contribution in [2.75, 3.05) is 26.2 Å². The maximum absolute atomic E-state index is 13.8.